The Bertz CT molecular complexity index is 504. The van der Waals surface area contributed by atoms with E-state index in [4.69, 9.17) is 0 Å². The molecule has 0 aromatic rings. The van der Waals surface area contributed by atoms with Crippen LogP contribution in [0.1, 0.15) is 58.3 Å². The molecule has 2 nitrogen and oxygen atoms in total. The lowest BCUT2D eigenvalue weighted by Crippen LogP contribution is -2.46. The van der Waals surface area contributed by atoms with Crippen LogP contribution in [0.2, 0.25) is 0 Å². The minimum atomic E-state index is -0.00707. The van der Waals surface area contributed by atoms with Crippen molar-refractivity contribution in [2.75, 3.05) is 0 Å². The van der Waals surface area contributed by atoms with Crippen LogP contribution in [-0.2, 0) is 9.59 Å². The molecule has 20 heavy (non-hydrogen) atoms. The summed E-state index contributed by atoms with van der Waals surface area (Å²) in [5.74, 6) is 3.66. The van der Waals surface area contributed by atoms with Gasteiger partial charge in [-0.2, -0.15) is 0 Å². The number of carbonyl (C=O) groups excluding carboxylic acids is 2. The second-order valence-electron chi connectivity index (χ2n) is 7.72. The van der Waals surface area contributed by atoms with Crippen molar-refractivity contribution in [1.29, 1.82) is 0 Å². The van der Waals surface area contributed by atoms with Crippen molar-refractivity contribution in [3.63, 3.8) is 0 Å². The maximum Gasteiger partial charge on any atom is 0.155 e. The van der Waals surface area contributed by atoms with Crippen LogP contribution in [0.5, 0.6) is 0 Å². The Morgan fingerprint density at radius 3 is 2.70 bits per heavy atom. The Balaban J connectivity index is 1.65. The minimum Gasteiger partial charge on any atom is -0.299 e. The highest BCUT2D eigenvalue weighted by atomic mass is 16.1. The molecule has 0 amide bonds. The van der Waals surface area contributed by atoms with Crippen molar-refractivity contribution >= 4 is 11.6 Å². The van der Waals surface area contributed by atoms with Crippen molar-refractivity contribution in [2.45, 2.75) is 58.3 Å². The quantitative estimate of drug-likeness (QED) is 0.674. The summed E-state index contributed by atoms with van der Waals surface area (Å²) < 4.78 is 0. The fraction of sp³-hybridized carbons (Fsp3) is 0.778. The van der Waals surface area contributed by atoms with Crippen LogP contribution in [0.15, 0.2) is 11.6 Å². The van der Waals surface area contributed by atoms with Crippen LogP contribution in [-0.4, -0.2) is 11.6 Å². The summed E-state index contributed by atoms with van der Waals surface area (Å²) in [6.45, 7) is 2.24. The first kappa shape index (κ1) is 12.8. The molecule has 3 fully saturated rings. The monoisotopic (exact) mass is 272 g/mol. The van der Waals surface area contributed by atoms with E-state index in [2.05, 4.69) is 6.92 Å². The molecule has 2 heteroatoms. The molecular formula is C18H24O2. The largest absolute Gasteiger partial charge is 0.299 e. The van der Waals surface area contributed by atoms with Gasteiger partial charge >= 0.3 is 0 Å². The average molecular weight is 272 g/mol. The van der Waals surface area contributed by atoms with Gasteiger partial charge in [0.25, 0.3) is 0 Å². The summed E-state index contributed by atoms with van der Waals surface area (Å²) >= 11 is 0. The number of rotatable bonds is 0. The van der Waals surface area contributed by atoms with Gasteiger partial charge in [-0.15, -0.1) is 0 Å². The Hall–Kier alpha value is -0.920. The second kappa shape index (κ2) is 4.29. The lowest BCUT2D eigenvalue weighted by atomic mass is 9.52. The van der Waals surface area contributed by atoms with Gasteiger partial charge in [-0.25, -0.2) is 0 Å². The van der Waals surface area contributed by atoms with Crippen molar-refractivity contribution in [2.24, 2.45) is 29.1 Å². The van der Waals surface area contributed by atoms with Crippen molar-refractivity contribution in [3.8, 4) is 0 Å². The van der Waals surface area contributed by atoms with Crippen LogP contribution in [0.3, 0.4) is 0 Å². The third-order valence-electron chi connectivity index (χ3n) is 7.01. The normalized spacial score (nSPS) is 47.4. The maximum absolute atomic E-state index is 12.3. The van der Waals surface area contributed by atoms with E-state index in [1.165, 1.54) is 18.4 Å². The number of fused-ring (bicyclic) bond motifs is 5. The summed E-state index contributed by atoms with van der Waals surface area (Å²) in [5, 5.41) is 0. The maximum atomic E-state index is 12.3. The summed E-state index contributed by atoms with van der Waals surface area (Å²) in [7, 11) is 0. The molecule has 0 heterocycles. The fourth-order valence-corrected chi connectivity index (χ4v) is 5.95. The number of ketones is 2. The first-order valence-electron chi connectivity index (χ1n) is 8.36. The highest BCUT2D eigenvalue weighted by Gasteiger charge is 2.55. The predicted molar refractivity (Wildman–Crippen MR) is 77.1 cm³/mol. The van der Waals surface area contributed by atoms with E-state index in [1.54, 1.807) is 0 Å². The van der Waals surface area contributed by atoms with Crippen LogP contribution in [0.25, 0.3) is 0 Å². The van der Waals surface area contributed by atoms with Crippen molar-refractivity contribution in [3.05, 3.63) is 11.6 Å². The van der Waals surface area contributed by atoms with Gasteiger partial charge in [0.05, 0.1) is 0 Å². The molecule has 0 saturated heterocycles. The standard InChI is InChI=1S/C18H24O2/c1-18-9-8-14-13-5-3-12(19)10-11(13)2-4-15(14)16(18)6-7-17(18)20/h10,13-16H,2-9H2,1H3/t13-,14?,15?,16?,18?/m0/s1. The molecule has 3 saturated carbocycles. The molecule has 0 aromatic carbocycles. The third-order valence-corrected chi connectivity index (χ3v) is 7.01. The molecule has 5 atom stereocenters. The topological polar surface area (TPSA) is 34.1 Å². The number of carbonyl (C=O) groups is 2. The van der Waals surface area contributed by atoms with Gasteiger partial charge in [0.15, 0.2) is 5.78 Å². The third kappa shape index (κ3) is 1.63. The second-order valence-corrected chi connectivity index (χ2v) is 7.72. The highest BCUT2D eigenvalue weighted by molar-refractivity contribution is 5.91. The lowest BCUT2D eigenvalue weighted by molar-refractivity contribution is -0.131. The Morgan fingerprint density at radius 2 is 1.85 bits per heavy atom. The van der Waals surface area contributed by atoms with Crippen LogP contribution in [0, 0.1) is 29.1 Å². The van der Waals surface area contributed by atoms with E-state index in [-0.39, 0.29) is 5.41 Å². The zero-order valence-electron chi connectivity index (χ0n) is 12.4. The summed E-state index contributed by atoms with van der Waals surface area (Å²) in [5.41, 5.74) is 1.43. The zero-order chi connectivity index (χ0) is 13.9. The molecule has 0 bridgehead atoms. The summed E-state index contributed by atoms with van der Waals surface area (Å²) in [4.78, 5) is 23.9. The molecular weight excluding hydrogens is 248 g/mol. The lowest BCUT2D eigenvalue weighted by Gasteiger charge is -2.52. The molecule has 4 unspecified atom stereocenters. The van der Waals surface area contributed by atoms with Crippen LogP contribution >= 0.6 is 0 Å². The van der Waals surface area contributed by atoms with E-state index < -0.39 is 0 Å². The molecule has 4 aliphatic carbocycles. The number of hydrogen-bond acceptors (Lipinski definition) is 2. The Kier molecular flexibility index (Phi) is 2.74. The molecule has 0 spiro atoms. The molecule has 0 aromatic heterocycles. The summed E-state index contributed by atoms with van der Waals surface area (Å²) in [6.07, 6.45) is 10.3. The van der Waals surface area contributed by atoms with Gasteiger partial charge in [0.2, 0.25) is 0 Å². The van der Waals surface area contributed by atoms with Gasteiger partial charge in [-0.3, -0.25) is 9.59 Å². The molecule has 108 valence electrons. The zero-order valence-corrected chi connectivity index (χ0v) is 12.4. The van der Waals surface area contributed by atoms with E-state index in [9.17, 15) is 9.59 Å². The molecule has 0 N–H and O–H groups in total. The van der Waals surface area contributed by atoms with Gasteiger partial charge in [0.1, 0.15) is 5.78 Å². The Labute approximate surface area is 121 Å². The fourth-order valence-electron chi connectivity index (χ4n) is 5.95. The average Bonchev–Trinajstić information content (AvgIpc) is 2.74. The van der Waals surface area contributed by atoms with Crippen molar-refractivity contribution in [1.82, 2.24) is 0 Å². The van der Waals surface area contributed by atoms with E-state index in [0.29, 0.717) is 23.4 Å². The van der Waals surface area contributed by atoms with Gasteiger partial charge in [-0.1, -0.05) is 12.5 Å². The number of Topliss-reactive ketones (excluding diaryl/α,β-unsaturated/α-hetero) is 1. The van der Waals surface area contributed by atoms with Gasteiger partial charge < -0.3 is 0 Å². The van der Waals surface area contributed by atoms with E-state index >= 15 is 0 Å². The first-order valence-corrected chi connectivity index (χ1v) is 8.36. The van der Waals surface area contributed by atoms with Gasteiger partial charge in [-0.05, 0) is 68.3 Å². The van der Waals surface area contributed by atoms with Crippen LogP contribution < -0.4 is 0 Å². The summed E-state index contributed by atoms with van der Waals surface area (Å²) in [6, 6.07) is 0. The van der Waals surface area contributed by atoms with Crippen molar-refractivity contribution < 1.29 is 9.59 Å². The van der Waals surface area contributed by atoms with E-state index in [1.807, 2.05) is 6.08 Å². The molecule has 4 aliphatic rings. The SMILES string of the molecule is CC12CCC3C(CCC4=CC(=O)CC[C@@H]43)C1CCC2=O. The van der Waals surface area contributed by atoms with Crippen LogP contribution in [0.4, 0.5) is 0 Å². The first-order chi connectivity index (χ1) is 9.59. The molecule has 4 rings (SSSR count). The highest BCUT2D eigenvalue weighted by Crippen LogP contribution is 2.60. The molecule has 0 aliphatic heterocycles. The number of allylic oxidation sites excluding steroid dienone is 1. The van der Waals surface area contributed by atoms with E-state index in [0.717, 1.165) is 50.4 Å². The number of hydrogen-bond donors (Lipinski definition) is 0. The minimum absolute atomic E-state index is 0.00707. The van der Waals surface area contributed by atoms with Gasteiger partial charge in [0, 0.05) is 18.3 Å². The smallest absolute Gasteiger partial charge is 0.155 e. The molecule has 0 radical (unpaired) electrons. The Morgan fingerprint density at radius 1 is 1.00 bits per heavy atom. The predicted octanol–water partition coefficient (Wildman–Crippen LogP) is 3.70.